The van der Waals surface area contributed by atoms with Crippen molar-refractivity contribution in [1.82, 2.24) is 4.90 Å². The SMILES string of the molecule is OC[C@H]1CCN(Cc2ccccc2)C[C@@H]1Br. The van der Waals surface area contributed by atoms with Crippen LogP contribution in [0.5, 0.6) is 0 Å². The summed E-state index contributed by atoms with van der Waals surface area (Å²) in [6.07, 6.45) is 1.08. The number of benzene rings is 1. The van der Waals surface area contributed by atoms with Gasteiger partial charge in [-0.25, -0.2) is 0 Å². The summed E-state index contributed by atoms with van der Waals surface area (Å²) in [5, 5.41) is 9.19. The van der Waals surface area contributed by atoms with E-state index in [1.807, 2.05) is 0 Å². The van der Waals surface area contributed by atoms with Crippen molar-refractivity contribution in [2.75, 3.05) is 19.7 Å². The van der Waals surface area contributed by atoms with Crippen molar-refractivity contribution in [3.63, 3.8) is 0 Å². The third kappa shape index (κ3) is 3.06. The van der Waals surface area contributed by atoms with E-state index in [1.165, 1.54) is 5.56 Å². The summed E-state index contributed by atoms with van der Waals surface area (Å²) in [4.78, 5) is 2.87. The van der Waals surface area contributed by atoms with Crippen LogP contribution in [0.15, 0.2) is 30.3 Å². The highest BCUT2D eigenvalue weighted by molar-refractivity contribution is 9.09. The predicted octanol–water partition coefficient (Wildman–Crippen LogP) is 2.26. The molecule has 0 aliphatic carbocycles. The number of nitrogens with zero attached hydrogens (tertiary/aromatic N) is 1. The molecule has 0 aromatic heterocycles. The highest BCUT2D eigenvalue weighted by Crippen LogP contribution is 2.24. The molecule has 2 nitrogen and oxygen atoms in total. The van der Waals surface area contributed by atoms with Gasteiger partial charge in [0.25, 0.3) is 0 Å². The summed E-state index contributed by atoms with van der Waals surface area (Å²) >= 11 is 3.67. The van der Waals surface area contributed by atoms with Crippen molar-refractivity contribution >= 4 is 15.9 Å². The fraction of sp³-hybridized carbons (Fsp3) is 0.538. The summed E-state index contributed by atoms with van der Waals surface area (Å²) in [7, 11) is 0. The van der Waals surface area contributed by atoms with Crippen LogP contribution in [0, 0.1) is 5.92 Å². The maximum atomic E-state index is 9.19. The van der Waals surface area contributed by atoms with E-state index >= 15 is 0 Å². The zero-order chi connectivity index (χ0) is 11.4. The van der Waals surface area contributed by atoms with Gasteiger partial charge in [0.05, 0.1) is 0 Å². The Balaban J connectivity index is 1.89. The monoisotopic (exact) mass is 283 g/mol. The average molecular weight is 284 g/mol. The molecular weight excluding hydrogens is 266 g/mol. The van der Waals surface area contributed by atoms with E-state index in [4.69, 9.17) is 0 Å². The lowest BCUT2D eigenvalue weighted by Crippen LogP contribution is -2.41. The lowest BCUT2D eigenvalue weighted by Gasteiger charge is -2.35. The molecule has 0 amide bonds. The van der Waals surface area contributed by atoms with Crippen LogP contribution in [-0.2, 0) is 6.54 Å². The van der Waals surface area contributed by atoms with Crippen LogP contribution < -0.4 is 0 Å². The minimum Gasteiger partial charge on any atom is -0.396 e. The molecule has 16 heavy (non-hydrogen) atoms. The van der Waals surface area contributed by atoms with Crippen LogP contribution in [0.3, 0.4) is 0 Å². The van der Waals surface area contributed by atoms with Crippen molar-refractivity contribution in [2.45, 2.75) is 17.8 Å². The molecule has 1 fully saturated rings. The first-order valence-corrected chi connectivity index (χ1v) is 6.72. The van der Waals surface area contributed by atoms with Crippen molar-refractivity contribution < 1.29 is 5.11 Å². The van der Waals surface area contributed by atoms with Gasteiger partial charge in [0.15, 0.2) is 0 Å². The zero-order valence-corrected chi connectivity index (χ0v) is 10.9. The zero-order valence-electron chi connectivity index (χ0n) is 9.35. The molecule has 1 heterocycles. The van der Waals surface area contributed by atoms with Gasteiger partial charge in [0.1, 0.15) is 0 Å². The third-order valence-corrected chi connectivity index (χ3v) is 4.28. The number of aliphatic hydroxyl groups is 1. The van der Waals surface area contributed by atoms with Gasteiger partial charge in [-0.15, -0.1) is 0 Å². The van der Waals surface area contributed by atoms with Gasteiger partial charge in [-0.3, -0.25) is 4.90 Å². The lowest BCUT2D eigenvalue weighted by molar-refractivity contribution is 0.135. The quantitative estimate of drug-likeness (QED) is 0.861. The van der Waals surface area contributed by atoms with Crippen molar-refractivity contribution in [1.29, 1.82) is 0 Å². The first kappa shape index (κ1) is 12.1. The smallest absolute Gasteiger partial charge is 0.0470 e. The van der Waals surface area contributed by atoms with Gasteiger partial charge in [-0.05, 0) is 24.4 Å². The molecule has 1 saturated heterocycles. The number of halogens is 1. The van der Waals surface area contributed by atoms with Crippen molar-refractivity contribution in [3.05, 3.63) is 35.9 Å². The van der Waals surface area contributed by atoms with Crippen LogP contribution in [-0.4, -0.2) is 34.5 Å². The van der Waals surface area contributed by atoms with Gasteiger partial charge in [0.2, 0.25) is 0 Å². The minimum absolute atomic E-state index is 0.301. The van der Waals surface area contributed by atoms with Gasteiger partial charge in [0, 0.05) is 24.5 Å². The number of aliphatic hydroxyl groups excluding tert-OH is 1. The number of likely N-dealkylation sites (tertiary alicyclic amines) is 1. The van der Waals surface area contributed by atoms with Crippen LogP contribution in [0.25, 0.3) is 0 Å². The molecule has 88 valence electrons. The first-order chi connectivity index (χ1) is 7.79. The van der Waals surface area contributed by atoms with E-state index in [2.05, 4.69) is 51.2 Å². The van der Waals surface area contributed by atoms with E-state index in [0.717, 1.165) is 26.1 Å². The Morgan fingerprint density at radius 1 is 1.31 bits per heavy atom. The summed E-state index contributed by atoms with van der Waals surface area (Å²) in [5.74, 6) is 0.423. The molecule has 2 atom stereocenters. The van der Waals surface area contributed by atoms with Crippen molar-refractivity contribution in [3.8, 4) is 0 Å². The molecule has 2 rings (SSSR count). The second kappa shape index (κ2) is 5.80. The number of hydrogen-bond donors (Lipinski definition) is 1. The second-order valence-electron chi connectivity index (χ2n) is 4.47. The number of piperidine rings is 1. The average Bonchev–Trinajstić information content (AvgIpc) is 2.31. The van der Waals surface area contributed by atoms with E-state index < -0.39 is 0 Å². The largest absolute Gasteiger partial charge is 0.396 e. The van der Waals surface area contributed by atoms with Gasteiger partial charge in [-0.2, -0.15) is 0 Å². The molecule has 1 aliphatic rings. The Bertz CT molecular complexity index is 317. The molecule has 0 spiro atoms. The fourth-order valence-electron chi connectivity index (χ4n) is 2.21. The lowest BCUT2D eigenvalue weighted by atomic mass is 9.97. The van der Waals surface area contributed by atoms with E-state index in [1.54, 1.807) is 0 Å². The van der Waals surface area contributed by atoms with Crippen LogP contribution in [0.4, 0.5) is 0 Å². The summed E-state index contributed by atoms with van der Waals surface area (Å²) in [6.45, 7) is 3.43. The molecule has 1 aliphatic heterocycles. The Hall–Kier alpha value is -0.380. The van der Waals surface area contributed by atoms with Crippen LogP contribution in [0.2, 0.25) is 0 Å². The summed E-state index contributed by atoms with van der Waals surface area (Å²) in [5.41, 5.74) is 1.37. The second-order valence-corrected chi connectivity index (χ2v) is 5.64. The molecule has 1 N–H and O–H groups in total. The predicted molar refractivity (Wildman–Crippen MR) is 69.6 cm³/mol. The van der Waals surface area contributed by atoms with E-state index in [-0.39, 0.29) is 0 Å². The first-order valence-electron chi connectivity index (χ1n) is 5.81. The number of alkyl halides is 1. The summed E-state index contributed by atoms with van der Waals surface area (Å²) < 4.78 is 0. The Kier molecular flexibility index (Phi) is 4.38. The molecule has 1 aromatic carbocycles. The fourth-order valence-corrected chi connectivity index (χ4v) is 3.05. The van der Waals surface area contributed by atoms with Gasteiger partial charge in [-0.1, -0.05) is 46.3 Å². The molecule has 0 saturated carbocycles. The number of hydrogen-bond acceptors (Lipinski definition) is 2. The Labute approximate surface area is 105 Å². The molecule has 0 radical (unpaired) electrons. The van der Waals surface area contributed by atoms with Crippen LogP contribution >= 0.6 is 15.9 Å². The third-order valence-electron chi connectivity index (χ3n) is 3.24. The molecular formula is C13H18BrNO. The maximum Gasteiger partial charge on any atom is 0.0470 e. The van der Waals surface area contributed by atoms with Gasteiger partial charge >= 0.3 is 0 Å². The standard InChI is InChI=1S/C13H18BrNO/c14-13-9-15(7-6-12(13)10-16)8-11-4-2-1-3-5-11/h1-5,12-13,16H,6-10H2/t12-,13+/m1/s1. The normalized spacial score (nSPS) is 26.9. The van der Waals surface area contributed by atoms with Crippen molar-refractivity contribution in [2.24, 2.45) is 5.92 Å². The Morgan fingerprint density at radius 2 is 2.06 bits per heavy atom. The maximum absolute atomic E-state index is 9.19. The van der Waals surface area contributed by atoms with Gasteiger partial charge < -0.3 is 5.11 Å². The van der Waals surface area contributed by atoms with E-state index in [9.17, 15) is 5.11 Å². The van der Waals surface area contributed by atoms with Crippen LogP contribution in [0.1, 0.15) is 12.0 Å². The number of rotatable bonds is 3. The highest BCUT2D eigenvalue weighted by Gasteiger charge is 2.26. The Morgan fingerprint density at radius 3 is 2.69 bits per heavy atom. The summed E-state index contributed by atoms with van der Waals surface area (Å²) in [6, 6.07) is 10.6. The minimum atomic E-state index is 0.301. The van der Waals surface area contributed by atoms with E-state index in [0.29, 0.717) is 17.4 Å². The molecule has 3 heteroatoms. The molecule has 1 aromatic rings. The highest BCUT2D eigenvalue weighted by atomic mass is 79.9. The molecule has 0 bridgehead atoms. The molecule has 0 unspecified atom stereocenters. The topological polar surface area (TPSA) is 23.5 Å².